The smallest absolute Gasteiger partial charge is 0.270 e. The van der Waals surface area contributed by atoms with Gasteiger partial charge in [0.15, 0.2) is 11.5 Å². The molecule has 210 valence electrons. The number of hydrogen-bond acceptors (Lipinski definition) is 8. The fourth-order valence-corrected chi connectivity index (χ4v) is 7.52. The van der Waals surface area contributed by atoms with Crippen molar-refractivity contribution >= 4 is 11.6 Å². The summed E-state index contributed by atoms with van der Waals surface area (Å²) < 4.78 is 6.32. The minimum atomic E-state index is -0.822. The third-order valence-corrected chi connectivity index (χ3v) is 9.42. The third-order valence-electron chi connectivity index (χ3n) is 9.42. The molecule has 1 fully saturated rings. The minimum absolute atomic E-state index is 0.0837. The van der Waals surface area contributed by atoms with Crippen LogP contribution in [0.3, 0.4) is 0 Å². The highest BCUT2D eigenvalue weighted by molar-refractivity contribution is 6.02. The van der Waals surface area contributed by atoms with Gasteiger partial charge in [-0.15, -0.1) is 0 Å². The number of phenolic OH excluding ortho intramolecular Hbond substituents is 2. The Morgan fingerprint density at radius 2 is 1.93 bits per heavy atom. The van der Waals surface area contributed by atoms with Crippen molar-refractivity contribution in [1.82, 2.24) is 10.2 Å². The van der Waals surface area contributed by atoms with Gasteiger partial charge in [-0.25, -0.2) is 0 Å². The van der Waals surface area contributed by atoms with Crippen molar-refractivity contribution in [2.45, 2.75) is 43.1 Å². The number of likely N-dealkylation sites (N-methyl/N-ethyl adjacent to an activating group) is 1. The number of nitro groups is 1. The van der Waals surface area contributed by atoms with Gasteiger partial charge in [0.1, 0.15) is 18.0 Å². The standard InChI is InChI=1S/C31H29N3O7/c1-33-11-10-31-23-8-9-25(36)29(31)41-28-26(37)14-20(21(27(28)31)13-24(23)33)19-7-4-17(34(39)40)12-22(19)30(38)32-15-16-2-5-18(35)6-3-16/h2-9,12,14,23-25,29,35-37H,10-11,13,15H2,1H3,(H,32,38)/t23-,24+,25-,29-,31-/m0/s1. The molecule has 0 unspecified atom stereocenters. The molecule has 1 spiro atoms. The summed E-state index contributed by atoms with van der Waals surface area (Å²) in [6, 6.07) is 12.3. The maximum atomic E-state index is 13.6. The van der Waals surface area contributed by atoms with Gasteiger partial charge in [0.25, 0.3) is 11.6 Å². The van der Waals surface area contributed by atoms with Crippen molar-refractivity contribution in [3.05, 3.63) is 93.1 Å². The van der Waals surface area contributed by atoms with E-state index in [1.165, 1.54) is 24.3 Å². The summed E-state index contributed by atoms with van der Waals surface area (Å²) in [6.07, 6.45) is 3.89. The predicted octanol–water partition coefficient (Wildman–Crippen LogP) is 3.41. The number of nitrogens with one attached hydrogen (secondary N) is 1. The van der Waals surface area contributed by atoms with Gasteiger partial charge in [0.05, 0.1) is 10.5 Å². The molecule has 0 radical (unpaired) electrons. The number of amides is 1. The van der Waals surface area contributed by atoms with Gasteiger partial charge in [-0.2, -0.15) is 0 Å². The number of aliphatic hydroxyl groups is 1. The van der Waals surface area contributed by atoms with Gasteiger partial charge in [0, 0.05) is 41.6 Å². The van der Waals surface area contributed by atoms with E-state index >= 15 is 0 Å². The predicted molar refractivity (Wildman–Crippen MR) is 149 cm³/mol. The number of carbonyl (C=O) groups excluding carboxylic acids is 1. The first kappa shape index (κ1) is 25.6. The van der Waals surface area contributed by atoms with E-state index in [2.05, 4.69) is 23.3 Å². The van der Waals surface area contributed by atoms with E-state index in [9.17, 15) is 30.2 Å². The van der Waals surface area contributed by atoms with Gasteiger partial charge in [-0.05, 0) is 73.0 Å². The highest BCUT2D eigenvalue weighted by Crippen LogP contribution is 2.63. The van der Waals surface area contributed by atoms with Crippen LogP contribution in [0.2, 0.25) is 0 Å². The summed E-state index contributed by atoms with van der Waals surface area (Å²) in [6.45, 7) is 0.967. The molecule has 2 heterocycles. The fraction of sp³-hybridized carbons (Fsp3) is 0.323. The lowest BCUT2D eigenvalue weighted by Crippen LogP contribution is -2.64. The van der Waals surface area contributed by atoms with Crippen LogP contribution in [0.5, 0.6) is 17.2 Å². The number of phenols is 2. The van der Waals surface area contributed by atoms with E-state index in [4.69, 9.17) is 4.74 Å². The molecule has 2 aliphatic carbocycles. The highest BCUT2D eigenvalue weighted by atomic mass is 16.6. The topological polar surface area (TPSA) is 145 Å². The Hall–Kier alpha value is -4.41. The monoisotopic (exact) mass is 555 g/mol. The number of piperidine rings is 1. The second-order valence-corrected chi connectivity index (χ2v) is 11.4. The van der Waals surface area contributed by atoms with E-state index < -0.39 is 28.5 Å². The van der Waals surface area contributed by atoms with Gasteiger partial charge in [-0.3, -0.25) is 14.9 Å². The molecule has 7 rings (SSSR count). The van der Waals surface area contributed by atoms with Crippen molar-refractivity contribution in [3.8, 4) is 28.4 Å². The molecular weight excluding hydrogens is 526 g/mol. The SMILES string of the molecule is CN1CC[C@]23c4c5c(-c6ccc([N+](=O)[O-])cc6C(=O)NCc6ccc(O)cc6)cc(O)c4O[C@H]2[C@@H](O)C=C[C@H]3[C@H]1C5. The molecule has 41 heavy (non-hydrogen) atoms. The number of nitrogens with zero attached hydrogens (tertiary/aromatic N) is 2. The van der Waals surface area contributed by atoms with E-state index in [1.807, 2.05) is 0 Å². The molecule has 0 aromatic heterocycles. The number of ether oxygens (including phenoxy) is 1. The molecule has 3 aromatic rings. The van der Waals surface area contributed by atoms with E-state index in [1.54, 1.807) is 30.3 Å². The van der Waals surface area contributed by atoms with Crippen LogP contribution in [-0.4, -0.2) is 62.9 Å². The molecule has 1 amide bonds. The van der Waals surface area contributed by atoms with E-state index in [0.717, 1.165) is 29.7 Å². The van der Waals surface area contributed by atoms with Crippen LogP contribution in [0.1, 0.15) is 33.5 Å². The second kappa shape index (κ2) is 9.05. The Balaban J connectivity index is 1.38. The number of rotatable bonds is 5. The largest absolute Gasteiger partial charge is 0.508 e. The van der Waals surface area contributed by atoms with E-state index in [0.29, 0.717) is 23.3 Å². The molecular formula is C31H29N3O7. The summed E-state index contributed by atoms with van der Waals surface area (Å²) in [7, 11) is 2.08. The Labute approximate surface area is 235 Å². The van der Waals surface area contributed by atoms with Crippen LogP contribution < -0.4 is 10.1 Å². The molecule has 0 saturated carbocycles. The van der Waals surface area contributed by atoms with Crippen molar-refractivity contribution in [2.75, 3.05) is 13.6 Å². The number of hydrogen-bond donors (Lipinski definition) is 4. The maximum absolute atomic E-state index is 13.6. The number of likely N-dealkylation sites (tertiary alicyclic amines) is 1. The molecule has 5 atom stereocenters. The normalized spacial score (nSPS) is 27.2. The molecule has 4 N–H and O–H groups in total. The van der Waals surface area contributed by atoms with Gasteiger partial charge >= 0.3 is 0 Å². The molecule has 1 saturated heterocycles. The quantitative estimate of drug-likeness (QED) is 0.213. The summed E-state index contributed by atoms with van der Waals surface area (Å²) >= 11 is 0. The first-order chi connectivity index (χ1) is 19.7. The average Bonchev–Trinajstić information content (AvgIpc) is 3.32. The zero-order chi connectivity index (χ0) is 28.6. The van der Waals surface area contributed by atoms with Crippen LogP contribution >= 0.6 is 0 Å². The lowest BCUT2D eigenvalue weighted by molar-refractivity contribution is -0.384. The number of carbonyl (C=O) groups is 1. The van der Waals surface area contributed by atoms with Crippen LogP contribution in [0.25, 0.3) is 11.1 Å². The number of aromatic hydroxyl groups is 2. The molecule has 4 aliphatic rings. The van der Waals surface area contributed by atoms with Crippen molar-refractivity contribution in [3.63, 3.8) is 0 Å². The Bertz CT molecular complexity index is 1640. The Kier molecular flexibility index (Phi) is 5.64. The Morgan fingerprint density at radius 1 is 1.15 bits per heavy atom. The maximum Gasteiger partial charge on any atom is 0.270 e. The van der Waals surface area contributed by atoms with Crippen LogP contribution in [-0.2, 0) is 18.4 Å². The average molecular weight is 556 g/mol. The van der Waals surface area contributed by atoms with Crippen molar-refractivity contribution in [1.29, 1.82) is 0 Å². The van der Waals surface area contributed by atoms with Crippen molar-refractivity contribution in [2.24, 2.45) is 5.92 Å². The highest BCUT2D eigenvalue weighted by Gasteiger charge is 2.64. The summed E-state index contributed by atoms with van der Waals surface area (Å²) in [5.74, 6) is -0.0126. The van der Waals surface area contributed by atoms with Gasteiger partial charge in [0.2, 0.25) is 0 Å². The van der Waals surface area contributed by atoms with Crippen molar-refractivity contribution < 1.29 is 29.8 Å². The van der Waals surface area contributed by atoms with Crippen LogP contribution in [0.15, 0.2) is 60.7 Å². The van der Waals surface area contributed by atoms with Gasteiger partial charge in [-0.1, -0.05) is 24.3 Å². The summed E-state index contributed by atoms with van der Waals surface area (Å²) in [4.78, 5) is 27.0. The lowest BCUT2D eigenvalue weighted by Gasteiger charge is -2.56. The molecule has 2 aliphatic heterocycles. The number of non-ortho nitro benzene ring substituents is 1. The molecule has 2 bridgehead atoms. The lowest BCUT2D eigenvalue weighted by atomic mass is 9.53. The zero-order valence-electron chi connectivity index (χ0n) is 22.3. The fourth-order valence-electron chi connectivity index (χ4n) is 7.52. The number of aliphatic hydroxyl groups excluding tert-OH is 1. The second-order valence-electron chi connectivity index (χ2n) is 11.4. The molecule has 3 aromatic carbocycles. The molecule has 10 nitrogen and oxygen atoms in total. The summed E-state index contributed by atoms with van der Waals surface area (Å²) in [5.41, 5.74) is 3.02. The first-order valence-electron chi connectivity index (χ1n) is 13.7. The van der Waals surface area contributed by atoms with Crippen LogP contribution in [0.4, 0.5) is 5.69 Å². The van der Waals surface area contributed by atoms with Gasteiger partial charge < -0.3 is 30.3 Å². The number of nitro benzene ring substituents is 1. The first-order valence-corrected chi connectivity index (χ1v) is 13.7. The van der Waals surface area contributed by atoms with Crippen LogP contribution in [0, 0.1) is 16.0 Å². The minimum Gasteiger partial charge on any atom is -0.508 e. The zero-order valence-corrected chi connectivity index (χ0v) is 22.3. The Morgan fingerprint density at radius 3 is 2.68 bits per heavy atom. The number of benzene rings is 3. The molecule has 10 heteroatoms. The summed E-state index contributed by atoms with van der Waals surface area (Å²) in [5, 5.41) is 46.3. The third kappa shape index (κ3) is 3.67. The van der Waals surface area contributed by atoms with E-state index in [-0.39, 0.29) is 41.3 Å².